The van der Waals surface area contributed by atoms with E-state index in [4.69, 9.17) is 10.8 Å². The summed E-state index contributed by atoms with van der Waals surface area (Å²) in [4.78, 5) is 4.69. The van der Waals surface area contributed by atoms with E-state index in [1.807, 2.05) is 18.2 Å². The molecule has 2 aromatic carbocycles. The molecule has 0 spiro atoms. The molecule has 21 heavy (non-hydrogen) atoms. The molecule has 0 aliphatic carbocycles. The summed E-state index contributed by atoms with van der Waals surface area (Å²) >= 11 is 0. The third-order valence-corrected chi connectivity index (χ3v) is 3.73. The van der Waals surface area contributed by atoms with E-state index in [9.17, 15) is 0 Å². The minimum atomic E-state index is 0. The second-order valence-electron chi connectivity index (χ2n) is 4.97. The monoisotopic (exact) mass is 299 g/mol. The molecule has 1 heterocycles. The van der Waals surface area contributed by atoms with Crippen LogP contribution < -0.4 is 11.3 Å². The number of fused-ring (bicyclic) bond motifs is 1. The topological polar surface area (TPSA) is 50.9 Å². The van der Waals surface area contributed by atoms with Crippen LogP contribution in [-0.2, 0) is 0 Å². The molecule has 0 aliphatic rings. The van der Waals surface area contributed by atoms with Crippen molar-refractivity contribution < 1.29 is 0 Å². The normalized spacial score (nSPS) is 10.2. The molecular formula is C17H18ClN3. The number of pyridine rings is 1. The zero-order valence-corrected chi connectivity index (χ0v) is 12.9. The van der Waals surface area contributed by atoms with Crippen LogP contribution >= 0.6 is 12.4 Å². The van der Waals surface area contributed by atoms with E-state index in [0.717, 1.165) is 22.0 Å². The number of hydrazine groups is 1. The average Bonchev–Trinajstić information content (AvgIpc) is 2.51. The lowest BCUT2D eigenvalue weighted by Crippen LogP contribution is -2.10. The van der Waals surface area contributed by atoms with E-state index in [0.29, 0.717) is 5.82 Å². The first-order valence-corrected chi connectivity index (χ1v) is 6.63. The van der Waals surface area contributed by atoms with E-state index in [1.54, 1.807) is 0 Å². The third-order valence-electron chi connectivity index (χ3n) is 3.73. The average molecular weight is 300 g/mol. The van der Waals surface area contributed by atoms with Crippen molar-refractivity contribution in [2.45, 2.75) is 13.8 Å². The van der Waals surface area contributed by atoms with Gasteiger partial charge < -0.3 is 5.43 Å². The number of nitrogens with two attached hydrogens (primary N) is 1. The van der Waals surface area contributed by atoms with E-state index in [2.05, 4.69) is 49.6 Å². The molecule has 0 bridgehead atoms. The van der Waals surface area contributed by atoms with Crippen molar-refractivity contribution >= 4 is 29.1 Å². The largest absolute Gasteiger partial charge is 0.308 e. The molecule has 108 valence electrons. The van der Waals surface area contributed by atoms with E-state index in [-0.39, 0.29) is 12.4 Å². The van der Waals surface area contributed by atoms with E-state index >= 15 is 0 Å². The molecule has 3 rings (SSSR count). The minimum Gasteiger partial charge on any atom is -0.308 e. The Kier molecular flexibility index (Phi) is 4.46. The van der Waals surface area contributed by atoms with Gasteiger partial charge in [0.15, 0.2) is 0 Å². The van der Waals surface area contributed by atoms with E-state index in [1.165, 1.54) is 11.1 Å². The summed E-state index contributed by atoms with van der Waals surface area (Å²) < 4.78 is 0. The molecule has 0 atom stereocenters. The summed E-state index contributed by atoms with van der Waals surface area (Å²) in [5, 5.41) is 1.13. The van der Waals surface area contributed by atoms with Gasteiger partial charge in [-0.2, -0.15) is 0 Å². The fourth-order valence-corrected chi connectivity index (χ4v) is 2.43. The molecular weight excluding hydrogens is 282 g/mol. The van der Waals surface area contributed by atoms with Crippen molar-refractivity contribution in [1.29, 1.82) is 0 Å². The molecule has 0 amide bonds. The van der Waals surface area contributed by atoms with Gasteiger partial charge in [-0.05, 0) is 36.6 Å². The molecule has 1 aromatic heterocycles. The molecule has 3 N–H and O–H groups in total. The number of anilines is 1. The Morgan fingerprint density at radius 2 is 1.71 bits per heavy atom. The first-order valence-electron chi connectivity index (χ1n) is 6.63. The number of benzene rings is 2. The van der Waals surface area contributed by atoms with Crippen LogP contribution in [-0.4, -0.2) is 4.98 Å². The smallest absolute Gasteiger partial charge is 0.148 e. The number of hydrogen-bond donors (Lipinski definition) is 2. The van der Waals surface area contributed by atoms with Crippen molar-refractivity contribution in [1.82, 2.24) is 4.98 Å². The van der Waals surface area contributed by atoms with Crippen LogP contribution in [0.15, 0.2) is 48.5 Å². The summed E-state index contributed by atoms with van der Waals surface area (Å²) in [5.74, 6) is 6.36. The Labute approximate surface area is 130 Å². The summed E-state index contributed by atoms with van der Waals surface area (Å²) in [6, 6.07) is 16.5. The highest BCUT2D eigenvalue weighted by Crippen LogP contribution is 2.31. The van der Waals surface area contributed by atoms with Gasteiger partial charge in [-0.1, -0.05) is 42.5 Å². The number of halogens is 1. The van der Waals surface area contributed by atoms with Gasteiger partial charge in [0, 0.05) is 10.9 Å². The molecule has 0 saturated carbocycles. The highest BCUT2D eigenvalue weighted by molar-refractivity contribution is 5.91. The molecule has 3 aromatic rings. The fourth-order valence-electron chi connectivity index (χ4n) is 2.43. The lowest BCUT2D eigenvalue weighted by Gasteiger charge is -2.12. The Hall–Kier alpha value is -2.10. The van der Waals surface area contributed by atoms with Gasteiger partial charge in [0.05, 0.1) is 5.52 Å². The van der Waals surface area contributed by atoms with Gasteiger partial charge in [0.25, 0.3) is 0 Å². The number of hydrogen-bond acceptors (Lipinski definition) is 3. The van der Waals surface area contributed by atoms with Gasteiger partial charge in [-0.3, -0.25) is 0 Å². The van der Waals surface area contributed by atoms with Gasteiger partial charge >= 0.3 is 0 Å². The zero-order valence-electron chi connectivity index (χ0n) is 12.1. The number of nitrogens with one attached hydrogen (secondary N) is 1. The summed E-state index contributed by atoms with van der Waals surface area (Å²) in [6.45, 7) is 4.18. The molecule has 0 radical (unpaired) electrons. The summed E-state index contributed by atoms with van der Waals surface area (Å²) in [6.07, 6.45) is 0. The van der Waals surface area contributed by atoms with Crippen LogP contribution in [0.5, 0.6) is 0 Å². The zero-order chi connectivity index (χ0) is 14.1. The highest BCUT2D eigenvalue weighted by atomic mass is 35.5. The lowest BCUT2D eigenvalue weighted by molar-refractivity contribution is 1.24. The van der Waals surface area contributed by atoms with Crippen molar-refractivity contribution in [3.63, 3.8) is 0 Å². The number of nitrogen functional groups attached to an aromatic ring is 1. The predicted octanol–water partition coefficient (Wildman–Crippen LogP) is 4.23. The molecule has 0 aliphatic heterocycles. The van der Waals surface area contributed by atoms with Gasteiger partial charge in [-0.25, -0.2) is 10.8 Å². The first-order chi connectivity index (χ1) is 9.70. The van der Waals surface area contributed by atoms with Crippen molar-refractivity contribution in [2.24, 2.45) is 5.84 Å². The maximum atomic E-state index is 5.65. The Morgan fingerprint density at radius 3 is 2.38 bits per heavy atom. The molecule has 3 nitrogen and oxygen atoms in total. The minimum absolute atomic E-state index is 0. The lowest BCUT2D eigenvalue weighted by atomic mass is 10.0. The molecule has 4 heteroatoms. The van der Waals surface area contributed by atoms with Crippen LogP contribution in [0.2, 0.25) is 0 Å². The molecule has 0 saturated heterocycles. The highest BCUT2D eigenvalue weighted by Gasteiger charge is 2.10. The van der Waals surface area contributed by atoms with Crippen LogP contribution in [0.1, 0.15) is 11.1 Å². The number of nitrogens with zero attached hydrogens (tertiary/aromatic N) is 1. The quantitative estimate of drug-likeness (QED) is 0.550. The maximum Gasteiger partial charge on any atom is 0.148 e. The van der Waals surface area contributed by atoms with Crippen molar-refractivity contribution in [3.8, 4) is 11.1 Å². The van der Waals surface area contributed by atoms with Gasteiger partial charge in [0.1, 0.15) is 5.82 Å². The molecule has 0 fully saturated rings. The fraction of sp³-hybridized carbons (Fsp3) is 0.118. The van der Waals surface area contributed by atoms with Gasteiger partial charge in [0.2, 0.25) is 0 Å². The van der Waals surface area contributed by atoms with Crippen LogP contribution in [0.3, 0.4) is 0 Å². The Balaban J connectivity index is 0.00000161. The standard InChI is InChI=1S/C17H17N3.ClH/c1-11-8-9-14-10-15(13-6-4-3-5-7-13)17(20-18)19-16(14)12(11)2;/h3-10H,18H2,1-2H3,(H,19,20);1H. The Morgan fingerprint density at radius 1 is 1.00 bits per heavy atom. The van der Waals surface area contributed by atoms with Crippen LogP contribution in [0.25, 0.3) is 22.0 Å². The molecule has 0 unspecified atom stereocenters. The Bertz CT molecular complexity index is 770. The second-order valence-corrected chi connectivity index (χ2v) is 4.97. The number of rotatable bonds is 2. The second kappa shape index (κ2) is 6.12. The van der Waals surface area contributed by atoms with Crippen LogP contribution in [0, 0.1) is 13.8 Å². The summed E-state index contributed by atoms with van der Waals surface area (Å²) in [7, 11) is 0. The third kappa shape index (κ3) is 2.71. The predicted molar refractivity (Wildman–Crippen MR) is 91.7 cm³/mol. The van der Waals surface area contributed by atoms with E-state index < -0.39 is 0 Å². The number of aryl methyl sites for hydroxylation is 2. The van der Waals surface area contributed by atoms with Crippen LogP contribution in [0.4, 0.5) is 5.82 Å². The van der Waals surface area contributed by atoms with Crippen molar-refractivity contribution in [3.05, 3.63) is 59.7 Å². The summed E-state index contributed by atoms with van der Waals surface area (Å²) in [5.41, 5.74) is 8.27. The van der Waals surface area contributed by atoms with Gasteiger partial charge in [-0.15, -0.1) is 12.4 Å². The maximum absolute atomic E-state index is 5.65. The SMILES string of the molecule is Cc1ccc2cc(-c3ccccc3)c(NN)nc2c1C.Cl. The first kappa shape index (κ1) is 15.3. The van der Waals surface area contributed by atoms with Crippen molar-refractivity contribution in [2.75, 3.05) is 5.43 Å². The number of aromatic nitrogens is 1.